The summed E-state index contributed by atoms with van der Waals surface area (Å²) in [6.07, 6.45) is -1.28. The van der Waals surface area contributed by atoms with Gasteiger partial charge in [0, 0.05) is 6.42 Å². The van der Waals surface area contributed by atoms with Crippen LogP contribution in [0.5, 0.6) is 11.5 Å². The van der Waals surface area contributed by atoms with Gasteiger partial charge in [0.05, 0.1) is 19.8 Å². The molecule has 1 aliphatic heterocycles. The number of phenols is 1. The molecule has 0 aromatic heterocycles. The largest absolute Gasteiger partial charge is 0.507 e. The molecule has 1 aromatic rings. The van der Waals surface area contributed by atoms with Crippen molar-refractivity contribution in [2.45, 2.75) is 25.0 Å². The number of hydrogen-bond donors (Lipinski definition) is 2. The predicted molar refractivity (Wildman–Crippen MR) is 82.2 cm³/mol. The first-order valence-corrected chi connectivity index (χ1v) is 7.48. The molecule has 7 nitrogen and oxygen atoms in total. The Balaban J connectivity index is 2.39. The number of hydrogen-bond acceptors (Lipinski definition) is 7. The number of ether oxygens (including phenoxy) is 3. The number of aromatic hydroxyl groups is 1. The van der Waals surface area contributed by atoms with E-state index in [9.17, 15) is 19.8 Å². The minimum atomic E-state index is -2.02. The van der Waals surface area contributed by atoms with Gasteiger partial charge < -0.3 is 24.4 Å². The molecule has 24 heavy (non-hydrogen) atoms. The highest BCUT2D eigenvalue weighted by molar-refractivity contribution is 6.12. The molecule has 3 rings (SSSR count). The number of esters is 1. The number of rotatable bonds is 2. The number of benzene rings is 1. The number of carbonyl (C=O) groups is 2. The van der Waals surface area contributed by atoms with Crippen molar-refractivity contribution in [1.82, 2.24) is 0 Å². The Labute approximate surface area is 138 Å². The standard InChI is InChI=1S/C17H18O7/c1-8-7-10(19)13-14(22-2)12-9(18)5-4-6-11(12)24-17(13,15(8)20)16(21)23-3/h4-6,8,15,18,20H,7H2,1-3H3/t8-,15?,17?/m0/s1. The maximum Gasteiger partial charge on any atom is 0.358 e. The number of aliphatic hydroxyl groups excluding tert-OH is 1. The molecule has 2 unspecified atom stereocenters. The van der Waals surface area contributed by atoms with Crippen LogP contribution < -0.4 is 4.74 Å². The Morgan fingerprint density at radius 2 is 2.08 bits per heavy atom. The van der Waals surface area contributed by atoms with Gasteiger partial charge in [-0.25, -0.2) is 4.79 Å². The van der Waals surface area contributed by atoms with Gasteiger partial charge in [0.2, 0.25) is 0 Å². The molecule has 0 bridgehead atoms. The molecule has 1 fully saturated rings. The van der Waals surface area contributed by atoms with Crippen molar-refractivity contribution in [2.24, 2.45) is 5.92 Å². The Hall–Kier alpha value is -2.54. The van der Waals surface area contributed by atoms with Gasteiger partial charge in [0.25, 0.3) is 5.60 Å². The minimum Gasteiger partial charge on any atom is -0.507 e. The maximum absolute atomic E-state index is 12.7. The molecule has 128 valence electrons. The highest BCUT2D eigenvalue weighted by Crippen LogP contribution is 2.50. The molecule has 2 N–H and O–H groups in total. The zero-order valence-corrected chi connectivity index (χ0v) is 13.5. The molecule has 1 aliphatic carbocycles. The van der Waals surface area contributed by atoms with E-state index in [-0.39, 0.29) is 34.8 Å². The fourth-order valence-electron chi connectivity index (χ4n) is 3.42. The van der Waals surface area contributed by atoms with Crippen LogP contribution in [-0.2, 0) is 19.1 Å². The van der Waals surface area contributed by atoms with Crippen LogP contribution in [0.1, 0.15) is 18.9 Å². The van der Waals surface area contributed by atoms with E-state index in [1.165, 1.54) is 25.3 Å². The van der Waals surface area contributed by atoms with Gasteiger partial charge in [-0.05, 0) is 18.1 Å². The number of carbonyl (C=O) groups excluding carboxylic acids is 2. The second-order valence-electron chi connectivity index (χ2n) is 5.94. The fourth-order valence-corrected chi connectivity index (χ4v) is 3.42. The number of Topliss-reactive ketones (excluding diaryl/α,β-unsaturated/α-hetero) is 1. The molecule has 3 atom stereocenters. The molecule has 0 radical (unpaired) electrons. The summed E-state index contributed by atoms with van der Waals surface area (Å²) in [6.45, 7) is 1.65. The van der Waals surface area contributed by atoms with E-state index in [0.717, 1.165) is 7.11 Å². The van der Waals surface area contributed by atoms with Crippen LogP contribution in [-0.4, -0.2) is 47.9 Å². The Kier molecular flexibility index (Phi) is 3.76. The maximum atomic E-state index is 12.7. The molecule has 1 aromatic carbocycles. The van der Waals surface area contributed by atoms with Gasteiger partial charge in [-0.1, -0.05) is 13.0 Å². The van der Waals surface area contributed by atoms with E-state index in [1.807, 2.05) is 0 Å². The molecule has 7 heteroatoms. The van der Waals surface area contributed by atoms with Crippen molar-refractivity contribution in [3.8, 4) is 11.5 Å². The molecule has 1 heterocycles. The van der Waals surface area contributed by atoms with Crippen molar-refractivity contribution >= 4 is 17.5 Å². The third kappa shape index (κ3) is 1.94. The molecule has 0 saturated heterocycles. The summed E-state index contributed by atoms with van der Waals surface area (Å²) in [7, 11) is 2.47. The van der Waals surface area contributed by atoms with Gasteiger partial charge >= 0.3 is 5.97 Å². The van der Waals surface area contributed by atoms with Crippen LogP contribution >= 0.6 is 0 Å². The third-order valence-corrected chi connectivity index (χ3v) is 4.54. The quantitative estimate of drug-likeness (QED) is 0.779. The first-order valence-electron chi connectivity index (χ1n) is 7.48. The Morgan fingerprint density at radius 3 is 2.71 bits per heavy atom. The number of fused-ring (bicyclic) bond motifs is 2. The van der Waals surface area contributed by atoms with E-state index in [1.54, 1.807) is 6.92 Å². The summed E-state index contributed by atoms with van der Waals surface area (Å²) in [5, 5.41) is 20.9. The summed E-state index contributed by atoms with van der Waals surface area (Å²) in [6, 6.07) is 4.46. The topological polar surface area (TPSA) is 102 Å². The summed E-state index contributed by atoms with van der Waals surface area (Å²) in [5.41, 5.74) is -1.98. The lowest BCUT2D eigenvalue weighted by atomic mass is 9.69. The van der Waals surface area contributed by atoms with Crippen LogP contribution in [0.3, 0.4) is 0 Å². The molecular weight excluding hydrogens is 316 g/mol. The summed E-state index contributed by atoms with van der Waals surface area (Å²) < 4.78 is 16.0. The van der Waals surface area contributed by atoms with Gasteiger partial charge in [-0.3, -0.25) is 4.79 Å². The van der Waals surface area contributed by atoms with Crippen LogP contribution in [0.2, 0.25) is 0 Å². The molecule has 2 aliphatic rings. The summed E-state index contributed by atoms with van der Waals surface area (Å²) in [4.78, 5) is 25.3. The Morgan fingerprint density at radius 1 is 1.38 bits per heavy atom. The SMILES string of the molecule is COC(=O)C12Oc3cccc(O)c3C(OC)=C1C(=O)C[C@H](C)C2O. The monoisotopic (exact) mass is 334 g/mol. The minimum absolute atomic E-state index is 0.00991. The van der Waals surface area contributed by atoms with Crippen molar-refractivity contribution in [3.63, 3.8) is 0 Å². The fraction of sp³-hybridized carbons (Fsp3) is 0.412. The zero-order chi connectivity index (χ0) is 17.6. The van der Waals surface area contributed by atoms with Crippen LogP contribution in [0.4, 0.5) is 0 Å². The lowest BCUT2D eigenvalue weighted by Gasteiger charge is -2.45. The van der Waals surface area contributed by atoms with E-state index in [0.29, 0.717) is 0 Å². The van der Waals surface area contributed by atoms with Gasteiger partial charge in [-0.15, -0.1) is 0 Å². The van der Waals surface area contributed by atoms with Gasteiger partial charge in [0.15, 0.2) is 5.78 Å². The zero-order valence-electron chi connectivity index (χ0n) is 13.5. The van der Waals surface area contributed by atoms with Crippen LogP contribution in [0.15, 0.2) is 23.8 Å². The van der Waals surface area contributed by atoms with Crippen LogP contribution in [0.25, 0.3) is 5.76 Å². The summed E-state index contributed by atoms with van der Waals surface area (Å²) in [5.74, 6) is -1.83. The smallest absolute Gasteiger partial charge is 0.358 e. The number of methoxy groups -OCH3 is 2. The average Bonchev–Trinajstić information content (AvgIpc) is 2.57. The highest BCUT2D eigenvalue weighted by Gasteiger charge is 2.63. The first-order chi connectivity index (χ1) is 11.4. The number of aliphatic hydroxyl groups is 1. The third-order valence-electron chi connectivity index (χ3n) is 4.54. The lowest BCUT2D eigenvalue weighted by Crippen LogP contribution is -2.64. The second-order valence-corrected chi connectivity index (χ2v) is 5.94. The molecular formula is C17H18O7. The van der Waals surface area contributed by atoms with Gasteiger partial charge in [0.1, 0.15) is 28.9 Å². The van der Waals surface area contributed by atoms with E-state index in [4.69, 9.17) is 14.2 Å². The van der Waals surface area contributed by atoms with Crippen molar-refractivity contribution < 1.29 is 34.0 Å². The normalized spacial score (nSPS) is 28.6. The van der Waals surface area contributed by atoms with Crippen LogP contribution in [0, 0.1) is 5.92 Å². The number of ketones is 1. The lowest BCUT2D eigenvalue weighted by molar-refractivity contribution is -0.173. The van der Waals surface area contributed by atoms with E-state index in [2.05, 4.69) is 0 Å². The molecule has 0 amide bonds. The highest BCUT2D eigenvalue weighted by atomic mass is 16.6. The average molecular weight is 334 g/mol. The van der Waals surface area contributed by atoms with Crippen molar-refractivity contribution in [1.29, 1.82) is 0 Å². The first kappa shape index (κ1) is 16.3. The number of phenolic OH excluding ortho intramolecular Hbond substituents is 1. The van der Waals surface area contributed by atoms with E-state index < -0.39 is 29.4 Å². The Bertz CT molecular complexity index is 751. The summed E-state index contributed by atoms with van der Waals surface area (Å²) >= 11 is 0. The van der Waals surface area contributed by atoms with E-state index >= 15 is 0 Å². The molecule has 0 spiro atoms. The van der Waals surface area contributed by atoms with Gasteiger partial charge in [-0.2, -0.15) is 0 Å². The van der Waals surface area contributed by atoms with Crippen molar-refractivity contribution in [3.05, 3.63) is 29.3 Å². The second kappa shape index (κ2) is 5.52. The predicted octanol–water partition coefficient (Wildman–Crippen LogP) is 1.02. The molecule has 1 saturated carbocycles. The van der Waals surface area contributed by atoms with Crippen molar-refractivity contribution in [2.75, 3.05) is 14.2 Å².